The number of ketones is 1. The van der Waals surface area contributed by atoms with E-state index >= 15 is 0 Å². The molecule has 0 saturated heterocycles. The van der Waals surface area contributed by atoms with E-state index in [4.69, 9.17) is 4.52 Å². The van der Waals surface area contributed by atoms with Gasteiger partial charge in [0.1, 0.15) is 6.54 Å². The minimum Gasteiger partial charge on any atom is -0.333 e. The van der Waals surface area contributed by atoms with E-state index in [9.17, 15) is 14.4 Å². The zero-order valence-corrected chi connectivity index (χ0v) is 18.0. The topological polar surface area (TPSA) is 124 Å². The fraction of sp³-hybridized carbons (Fsp3) is 0.0833. The average Bonchev–Trinajstić information content (AvgIpc) is 3.45. The molecule has 0 saturated carbocycles. The van der Waals surface area contributed by atoms with Gasteiger partial charge in [-0.3, -0.25) is 9.59 Å². The number of benzene rings is 2. The number of hydrogen-bond donors (Lipinski definition) is 1. The number of rotatable bonds is 6. The summed E-state index contributed by atoms with van der Waals surface area (Å²) in [5, 5.41) is 11.0. The predicted molar refractivity (Wildman–Crippen MR) is 123 cm³/mol. The molecule has 0 bridgehead atoms. The van der Waals surface area contributed by atoms with Crippen molar-refractivity contribution in [2.75, 3.05) is 5.32 Å². The molecule has 1 N–H and O–H groups in total. The highest BCUT2D eigenvalue weighted by atomic mass is 16.5. The van der Waals surface area contributed by atoms with Gasteiger partial charge in [0.05, 0.1) is 5.56 Å². The zero-order valence-electron chi connectivity index (χ0n) is 18.0. The van der Waals surface area contributed by atoms with E-state index in [1.807, 2.05) is 30.3 Å². The van der Waals surface area contributed by atoms with Crippen molar-refractivity contribution in [3.8, 4) is 22.8 Å². The van der Waals surface area contributed by atoms with E-state index in [1.54, 1.807) is 42.6 Å². The Kier molecular flexibility index (Phi) is 5.30. The van der Waals surface area contributed by atoms with Crippen molar-refractivity contribution < 1.29 is 14.1 Å². The van der Waals surface area contributed by atoms with Gasteiger partial charge in [-0.15, -0.1) is 5.10 Å². The standard InChI is InChI=1S/C24H18N6O4/c1-15(31)17-9-5-10-18(13-17)25-20(32)14-30-24(33)29-12-6-11-19(22(29)27-30)23-26-21(28-34-23)16-7-3-2-4-8-16/h2-13H,14H2,1H3,(H,25,32). The van der Waals surface area contributed by atoms with Crippen molar-refractivity contribution >= 4 is 23.0 Å². The molecule has 168 valence electrons. The Morgan fingerprint density at radius 2 is 1.85 bits per heavy atom. The third kappa shape index (κ3) is 3.99. The molecular weight excluding hydrogens is 436 g/mol. The summed E-state index contributed by atoms with van der Waals surface area (Å²) in [6.45, 7) is 1.13. The number of anilines is 1. The van der Waals surface area contributed by atoms with Gasteiger partial charge >= 0.3 is 5.69 Å². The van der Waals surface area contributed by atoms with Crippen LogP contribution in [0.2, 0.25) is 0 Å². The van der Waals surface area contributed by atoms with Gasteiger partial charge in [0, 0.05) is 23.0 Å². The van der Waals surface area contributed by atoms with E-state index in [0.29, 0.717) is 22.6 Å². The molecule has 5 rings (SSSR count). The lowest BCUT2D eigenvalue weighted by Gasteiger charge is -2.05. The van der Waals surface area contributed by atoms with Crippen molar-refractivity contribution in [3.05, 3.63) is 89.0 Å². The Labute approximate surface area is 192 Å². The molecule has 0 aliphatic heterocycles. The van der Waals surface area contributed by atoms with Crippen molar-refractivity contribution in [2.24, 2.45) is 0 Å². The molecule has 1 amide bonds. The minimum atomic E-state index is -0.493. The van der Waals surface area contributed by atoms with Crippen molar-refractivity contribution in [2.45, 2.75) is 13.5 Å². The van der Waals surface area contributed by atoms with Crippen LogP contribution in [0.5, 0.6) is 0 Å². The van der Waals surface area contributed by atoms with Crippen molar-refractivity contribution in [3.63, 3.8) is 0 Å². The van der Waals surface area contributed by atoms with E-state index in [2.05, 4.69) is 20.6 Å². The van der Waals surface area contributed by atoms with Crippen LogP contribution in [-0.2, 0) is 11.3 Å². The molecule has 0 fully saturated rings. The Morgan fingerprint density at radius 1 is 1.03 bits per heavy atom. The van der Waals surface area contributed by atoms with Crippen LogP contribution in [0.1, 0.15) is 17.3 Å². The summed E-state index contributed by atoms with van der Waals surface area (Å²) in [5.74, 6) is 0.0345. The number of carbonyl (C=O) groups excluding carboxylic acids is 2. The highest BCUT2D eigenvalue weighted by Gasteiger charge is 2.18. The SMILES string of the molecule is CC(=O)c1cccc(NC(=O)Cn2nc3c(-c4nc(-c5ccccc5)no4)cccn3c2=O)c1. The molecule has 10 nitrogen and oxygen atoms in total. The van der Waals surface area contributed by atoms with Gasteiger partial charge in [0.15, 0.2) is 11.4 Å². The number of nitrogens with zero attached hydrogens (tertiary/aromatic N) is 5. The summed E-state index contributed by atoms with van der Waals surface area (Å²) < 4.78 is 7.78. The Hall–Kier alpha value is -4.86. The molecule has 0 aliphatic carbocycles. The van der Waals surface area contributed by atoms with Gasteiger partial charge in [0.25, 0.3) is 5.89 Å². The number of hydrogen-bond acceptors (Lipinski definition) is 7. The highest BCUT2D eigenvalue weighted by Crippen LogP contribution is 2.24. The van der Waals surface area contributed by atoms with E-state index in [0.717, 1.165) is 10.2 Å². The Morgan fingerprint density at radius 3 is 2.65 bits per heavy atom. The fourth-order valence-corrected chi connectivity index (χ4v) is 3.50. The second-order valence-electron chi connectivity index (χ2n) is 7.53. The summed E-state index contributed by atoms with van der Waals surface area (Å²) in [5.41, 5.74) is 1.96. The fourth-order valence-electron chi connectivity index (χ4n) is 3.50. The van der Waals surface area contributed by atoms with Crippen LogP contribution in [0.4, 0.5) is 5.69 Å². The highest BCUT2D eigenvalue weighted by molar-refractivity contribution is 5.97. The maximum atomic E-state index is 12.8. The second-order valence-corrected chi connectivity index (χ2v) is 7.53. The van der Waals surface area contributed by atoms with Crippen LogP contribution >= 0.6 is 0 Å². The molecule has 0 radical (unpaired) electrons. The summed E-state index contributed by atoms with van der Waals surface area (Å²) in [6.07, 6.45) is 1.55. The van der Waals surface area contributed by atoms with Crippen molar-refractivity contribution in [1.82, 2.24) is 24.3 Å². The first kappa shape index (κ1) is 21.0. The predicted octanol–water partition coefficient (Wildman–Crippen LogP) is 3.05. The molecule has 0 aliphatic rings. The van der Waals surface area contributed by atoms with Crippen LogP contribution < -0.4 is 11.0 Å². The Balaban J connectivity index is 1.43. The molecule has 10 heteroatoms. The number of carbonyl (C=O) groups is 2. The molecule has 2 aromatic carbocycles. The smallest absolute Gasteiger partial charge is 0.333 e. The summed E-state index contributed by atoms with van der Waals surface area (Å²) >= 11 is 0. The normalized spacial score (nSPS) is 11.0. The van der Waals surface area contributed by atoms with Crippen LogP contribution in [0.25, 0.3) is 28.5 Å². The molecule has 3 aromatic heterocycles. The lowest BCUT2D eigenvalue weighted by molar-refractivity contribution is -0.117. The Bertz CT molecular complexity index is 1580. The number of fused-ring (bicyclic) bond motifs is 1. The second kappa shape index (κ2) is 8.58. The van der Waals surface area contributed by atoms with Crippen LogP contribution in [0.15, 0.2) is 82.2 Å². The third-order valence-electron chi connectivity index (χ3n) is 5.14. The molecule has 34 heavy (non-hydrogen) atoms. The number of amides is 1. The van der Waals surface area contributed by atoms with Gasteiger partial charge in [-0.25, -0.2) is 13.9 Å². The van der Waals surface area contributed by atoms with Gasteiger partial charge in [0.2, 0.25) is 11.7 Å². The molecule has 3 heterocycles. The summed E-state index contributed by atoms with van der Waals surface area (Å²) in [4.78, 5) is 41.4. The first-order valence-electron chi connectivity index (χ1n) is 10.4. The van der Waals surface area contributed by atoms with Crippen LogP contribution in [0.3, 0.4) is 0 Å². The zero-order chi connectivity index (χ0) is 23.7. The maximum Gasteiger partial charge on any atom is 0.350 e. The van der Waals surface area contributed by atoms with E-state index < -0.39 is 11.6 Å². The van der Waals surface area contributed by atoms with Gasteiger partial charge in [-0.05, 0) is 31.2 Å². The van der Waals surface area contributed by atoms with Crippen LogP contribution in [0, 0.1) is 0 Å². The maximum absolute atomic E-state index is 12.8. The van der Waals surface area contributed by atoms with Gasteiger partial charge in [-0.1, -0.05) is 47.6 Å². The first-order valence-corrected chi connectivity index (χ1v) is 10.4. The molecule has 5 aromatic rings. The molecular formula is C24H18N6O4. The van der Waals surface area contributed by atoms with Crippen molar-refractivity contribution in [1.29, 1.82) is 0 Å². The largest absolute Gasteiger partial charge is 0.350 e. The quantitative estimate of drug-likeness (QED) is 0.391. The lowest BCUT2D eigenvalue weighted by atomic mass is 10.1. The molecule has 0 unspecified atom stereocenters. The lowest BCUT2D eigenvalue weighted by Crippen LogP contribution is -2.28. The number of aromatic nitrogens is 5. The average molecular weight is 454 g/mol. The molecule has 0 atom stereocenters. The number of nitrogens with one attached hydrogen (secondary N) is 1. The first-order chi connectivity index (χ1) is 16.5. The monoisotopic (exact) mass is 454 g/mol. The van der Waals surface area contributed by atoms with Crippen LogP contribution in [-0.4, -0.2) is 36.0 Å². The summed E-state index contributed by atoms with van der Waals surface area (Å²) in [6, 6.07) is 19.3. The number of Topliss-reactive ketones (excluding diaryl/α,β-unsaturated/α-hetero) is 1. The molecule has 0 spiro atoms. The minimum absolute atomic E-state index is 0.114. The summed E-state index contributed by atoms with van der Waals surface area (Å²) in [7, 11) is 0. The third-order valence-corrected chi connectivity index (χ3v) is 5.14. The number of pyridine rings is 1. The van der Waals surface area contributed by atoms with E-state index in [1.165, 1.54) is 11.3 Å². The van der Waals surface area contributed by atoms with E-state index in [-0.39, 0.29) is 23.9 Å². The van der Waals surface area contributed by atoms with Gasteiger partial charge in [-0.2, -0.15) is 4.98 Å². The van der Waals surface area contributed by atoms with Gasteiger partial charge < -0.3 is 9.84 Å².